The minimum Gasteiger partial charge on any atom is -0.490 e. The summed E-state index contributed by atoms with van der Waals surface area (Å²) in [7, 11) is 0. The molecule has 1 aliphatic carbocycles. The molecule has 2 aromatic carbocycles. The molecule has 0 bridgehead atoms. The normalized spacial score (nSPS) is 17.0. The highest BCUT2D eigenvalue weighted by atomic mass is 35.5. The smallest absolute Gasteiger partial charge is 0.255 e. The van der Waals surface area contributed by atoms with Gasteiger partial charge < -0.3 is 19.7 Å². The number of H-pyrrole nitrogens is 1. The number of carbonyl (C=O) groups excluding carboxylic acids is 1. The number of benzene rings is 2. The first-order chi connectivity index (χ1) is 20.0. The third kappa shape index (κ3) is 5.50. The Morgan fingerprint density at radius 2 is 2.07 bits per heavy atom. The maximum atomic E-state index is 15.1. The van der Waals surface area contributed by atoms with Crippen molar-refractivity contribution in [1.82, 2.24) is 35.0 Å². The highest BCUT2D eigenvalue weighted by Gasteiger charge is 2.30. The van der Waals surface area contributed by atoms with Crippen molar-refractivity contribution in [1.29, 1.82) is 0 Å². The molecule has 12 heteroatoms. The number of pyridine rings is 1. The van der Waals surface area contributed by atoms with Crippen LogP contribution in [0.5, 0.6) is 5.75 Å². The lowest BCUT2D eigenvalue weighted by Gasteiger charge is -2.32. The first kappa shape index (κ1) is 26.9. The average molecular weight is 576 g/mol. The number of rotatable bonds is 8. The van der Waals surface area contributed by atoms with Crippen LogP contribution in [0.2, 0.25) is 5.02 Å². The van der Waals surface area contributed by atoms with E-state index in [1.807, 2.05) is 6.07 Å². The molecule has 1 saturated carbocycles. The number of imidazole rings is 1. The van der Waals surface area contributed by atoms with Crippen molar-refractivity contribution in [3.8, 4) is 28.7 Å². The van der Waals surface area contributed by atoms with E-state index in [-0.39, 0.29) is 37.0 Å². The van der Waals surface area contributed by atoms with Crippen molar-refractivity contribution in [2.75, 3.05) is 13.2 Å². The van der Waals surface area contributed by atoms with Gasteiger partial charge >= 0.3 is 0 Å². The summed E-state index contributed by atoms with van der Waals surface area (Å²) in [6, 6.07) is 13.0. The van der Waals surface area contributed by atoms with Gasteiger partial charge in [-0.15, -0.1) is 0 Å². The predicted molar refractivity (Wildman–Crippen MR) is 151 cm³/mol. The van der Waals surface area contributed by atoms with E-state index in [0.717, 1.165) is 24.8 Å². The van der Waals surface area contributed by atoms with Gasteiger partial charge in [-0.25, -0.2) is 14.4 Å². The van der Waals surface area contributed by atoms with Crippen molar-refractivity contribution in [2.24, 2.45) is 0 Å². The van der Waals surface area contributed by atoms with Crippen LogP contribution in [0.4, 0.5) is 4.39 Å². The van der Waals surface area contributed by atoms with Gasteiger partial charge in [-0.1, -0.05) is 23.7 Å². The number of aliphatic hydroxyl groups excluding tert-OH is 1. The Morgan fingerprint density at radius 3 is 2.88 bits per heavy atom. The fourth-order valence-corrected chi connectivity index (χ4v) is 5.59. The number of hydrogen-bond acceptors (Lipinski definition) is 7. The summed E-state index contributed by atoms with van der Waals surface area (Å²) >= 11 is 6.18. The fraction of sp³-hybridized carbons (Fsp3) is 0.276. The lowest BCUT2D eigenvalue weighted by atomic mass is 9.90. The number of aliphatic hydroxyl groups is 1. The number of fused-ring (bicyclic) bond motifs is 1. The molecule has 0 saturated heterocycles. The van der Waals surface area contributed by atoms with Gasteiger partial charge in [0.15, 0.2) is 5.82 Å². The second kappa shape index (κ2) is 11.6. The lowest BCUT2D eigenvalue weighted by molar-refractivity contribution is 0.0915. The molecule has 0 aliphatic heterocycles. The van der Waals surface area contributed by atoms with Crippen LogP contribution in [0.15, 0.2) is 61.1 Å². The Bertz CT molecular complexity index is 1690. The maximum Gasteiger partial charge on any atom is 0.255 e. The Balaban J connectivity index is 1.35. The van der Waals surface area contributed by atoms with Gasteiger partial charge in [0, 0.05) is 17.1 Å². The molecule has 3 heterocycles. The first-order valence-electron chi connectivity index (χ1n) is 13.3. The van der Waals surface area contributed by atoms with E-state index in [9.17, 15) is 4.79 Å². The standard InChI is InChI=1S/C29H27ClFN7O3/c30-17-8-9-26(41-11-10-39)21(12-17)29(40)35-18-4-3-5-19(13-18)38-25-14-23(27-33-16-34-37-27)32-15-24(25)36-28(38)20-6-1-2-7-22(20)31/h1-2,6-9,12,14-16,18-19,39H,3-5,10-11,13H2,(H,35,40)(H,33,34,37)/t18-,19+/m0/s1. The SMILES string of the molecule is O=C(N[C@H]1CCC[C@@H](n2c(-c3ccccc3F)nc3cnc(-c4ncn[nH]4)cc32)C1)c1cc(Cl)ccc1OCCO. The summed E-state index contributed by atoms with van der Waals surface area (Å²) in [5.74, 6) is 0.683. The minimum atomic E-state index is -0.371. The number of ether oxygens (including phenoxy) is 1. The van der Waals surface area contributed by atoms with Crippen LogP contribution in [0, 0.1) is 5.82 Å². The molecule has 3 N–H and O–H groups in total. The van der Waals surface area contributed by atoms with E-state index < -0.39 is 0 Å². The van der Waals surface area contributed by atoms with Gasteiger partial charge in [0.2, 0.25) is 0 Å². The monoisotopic (exact) mass is 575 g/mol. The minimum absolute atomic E-state index is 0.0604. The fourth-order valence-electron chi connectivity index (χ4n) is 5.41. The predicted octanol–water partition coefficient (Wildman–Crippen LogP) is 4.96. The molecule has 0 radical (unpaired) electrons. The molecule has 6 rings (SSSR count). The molecule has 0 unspecified atom stereocenters. The molecule has 2 atom stereocenters. The number of amides is 1. The van der Waals surface area contributed by atoms with Gasteiger partial charge in [0.05, 0.1) is 29.4 Å². The molecule has 10 nitrogen and oxygen atoms in total. The van der Waals surface area contributed by atoms with Gasteiger partial charge in [-0.05, 0) is 62.1 Å². The van der Waals surface area contributed by atoms with Crippen molar-refractivity contribution in [3.05, 3.63) is 77.5 Å². The van der Waals surface area contributed by atoms with Gasteiger partial charge in [0.1, 0.15) is 41.5 Å². The first-order valence-corrected chi connectivity index (χ1v) is 13.7. The Morgan fingerprint density at radius 1 is 1.20 bits per heavy atom. The van der Waals surface area contributed by atoms with E-state index in [4.69, 9.17) is 26.4 Å². The molecule has 210 valence electrons. The molecule has 1 aliphatic rings. The zero-order chi connectivity index (χ0) is 28.3. The van der Waals surface area contributed by atoms with Crippen LogP contribution < -0.4 is 10.1 Å². The Kier molecular flexibility index (Phi) is 7.62. The number of aromatic nitrogens is 6. The van der Waals surface area contributed by atoms with E-state index in [1.54, 1.807) is 42.6 Å². The number of nitrogens with zero attached hydrogens (tertiary/aromatic N) is 5. The number of carbonyl (C=O) groups is 1. The third-order valence-electron chi connectivity index (χ3n) is 7.23. The van der Waals surface area contributed by atoms with Crippen LogP contribution >= 0.6 is 11.6 Å². The number of halogens is 2. The molecule has 5 aromatic rings. The Hall–Kier alpha value is -4.35. The highest BCUT2D eigenvalue weighted by Crippen LogP contribution is 2.37. The maximum absolute atomic E-state index is 15.1. The van der Waals surface area contributed by atoms with Gasteiger partial charge in [-0.3, -0.25) is 14.9 Å². The molecule has 0 spiro atoms. The second-order valence-electron chi connectivity index (χ2n) is 9.88. The topological polar surface area (TPSA) is 131 Å². The van der Waals surface area contributed by atoms with Crippen molar-refractivity contribution in [2.45, 2.75) is 37.8 Å². The number of nitrogens with one attached hydrogen (secondary N) is 2. The van der Waals surface area contributed by atoms with Gasteiger partial charge in [-0.2, -0.15) is 5.10 Å². The van der Waals surface area contributed by atoms with E-state index in [0.29, 0.717) is 51.2 Å². The molecule has 41 heavy (non-hydrogen) atoms. The highest BCUT2D eigenvalue weighted by molar-refractivity contribution is 6.31. The molecule has 3 aromatic heterocycles. The van der Waals surface area contributed by atoms with Crippen molar-refractivity contribution >= 4 is 28.5 Å². The average Bonchev–Trinajstić information content (AvgIpc) is 3.65. The molecular formula is C29H27ClFN7O3. The summed E-state index contributed by atoms with van der Waals surface area (Å²) < 4.78 is 22.7. The van der Waals surface area contributed by atoms with E-state index in [2.05, 4.69) is 30.0 Å². The second-order valence-corrected chi connectivity index (χ2v) is 10.3. The molecule has 1 amide bonds. The number of hydrogen-bond donors (Lipinski definition) is 3. The van der Waals surface area contributed by atoms with Crippen molar-refractivity contribution < 1.29 is 19.0 Å². The van der Waals surface area contributed by atoms with Gasteiger partial charge in [0.25, 0.3) is 5.91 Å². The summed E-state index contributed by atoms with van der Waals surface area (Å²) in [5.41, 5.74) is 2.70. The summed E-state index contributed by atoms with van der Waals surface area (Å²) in [6.07, 6.45) is 6.12. The largest absolute Gasteiger partial charge is 0.490 e. The zero-order valence-electron chi connectivity index (χ0n) is 21.9. The van der Waals surface area contributed by atoms with Crippen LogP contribution in [0.3, 0.4) is 0 Å². The zero-order valence-corrected chi connectivity index (χ0v) is 22.7. The van der Waals surface area contributed by atoms with Crippen LogP contribution in [-0.4, -0.2) is 60.0 Å². The quantitative estimate of drug-likeness (QED) is 0.238. The lowest BCUT2D eigenvalue weighted by Crippen LogP contribution is -2.39. The Labute approximate surface area is 239 Å². The van der Waals surface area contributed by atoms with Crippen LogP contribution in [0.1, 0.15) is 42.1 Å². The molecular weight excluding hydrogens is 549 g/mol. The number of aromatic amines is 1. The van der Waals surface area contributed by atoms with Crippen molar-refractivity contribution in [3.63, 3.8) is 0 Å². The third-order valence-corrected chi connectivity index (χ3v) is 7.47. The summed E-state index contributed by atoms with van der Waals surface area (Å²) in [5, 5.41) is 19.5. The summed E-state index contributed by atoms with van der Waals surface area (Å²) in [6.45, 7) is -0.115. The van der Waals surface area contributed by atoms with E-state index in [1.165, 1.54) is 12.4 Å². The summed E-state index contributed by atoms with van der Waals surface area (Å²) in [4.78, 5) is 26.9. The van der Waals surface area contributed by atoms with E-state index >= 15 is 4.39 Å². The molecule has 1 fully saturated rings. The van der Waals surface area contributed by atoms with Crippen LogP contribution in [0.25, 0.3) is 33.9 Å². The van der Waals surface area contributed by atoms with Crippen LogP contribution in [-0.2, 0) is 0 Å².